The predicted octanol–water partition coefficient (Wildman–Crippen LogP) is 4.11. The van der Waals surface area contributed by atoms with Crippen molar-refractivity contribution in [1.29, 1.82) is 0 Å². The fraction of sp³-hybridized carbons (Fsp3) is 0.350. The molecule has 2 aromatic carbocycles. The van der Waals surface area contributed by atoms with Crippen molar-refractivity contribution in [2.75, 3.05) is 5.32 Å². The Labute approximate surface area is 156 Å². The first kappa shape index (κ1) is 17.5. The molecule has 2 aliphatic rings. The number of halogens is 1. The van der Waals surface area contributed by atoms with Crippen LogP contribution in [0.3, 0.4) is 0 Å². The summed E-state index contributed by atoms with van der Waals surface area (Å²) in [5.74, 6) is -0.555. The number of anilines is 1. The van der Waals surface area contributed by atoms with Gasteiger partial charge in [0.15, 0.2) is 0 Å². The molecule has 2 fully saturated rings. The van der Waals surface area contributed by atoms with Gasteiger partial charge in [0.05, 0.1) is 4.92 Å². The molecule has 0 spiro atoms. The molecule has 0 aromatic heterocycles. The van der Waals surface area contributed by atoms with E-state index in [4.69, 9.17) is 0 Å². The second-order valence-electron chi connectivity index (χ2n) is 7.20. The van der Waals surface area contributed by atoms with Gasteiger partial charge < -0.3 is 10.2 Å². The number of hydrogen-bond donors (Lipinski definition) is 1. The maximum atomic E-state index is 13.1. The maximum absolute atomic E-state index is 13.1. The van der Waals surface area contributed by atoms with Crippen LogP contribution in [0.1, 0.15) is 41.6 Å². The Balaban J connectivity index is 1.58. The van der Waals surface area contributed by atoms with Crippen LogP contribution in [-0.2, 0) is 6.54 Å². The van der Waals surface area contributed by atoms with Crippen LogP contribution in [0.15, 0.2) is 42.5 Å². The topological polar surface area (TPSA) is 75.5 Å². The molecule has 0 bridgehead atoms. The van der Waals surface area contributed by atoms with Crippen LogP contribution in [0, 0.1) is 15.9 Å². The van der Waals surface area contributed by atoms with E-state index in [1.54, 1.807) is 29.2 Å². The van der Waals surface area contributed by atoms with Crippen LogP contribution in [0.4, 0.5) is 15.8 Å². The van der Waals surface area contributed by atoms with Crippen molar-refractivity contribution in [3.63, 3.8) is 0 Å². The normalized spacial score (nSPS) is 16.0. The van der Waals surface area contributed by atoms with E-state index in [1.807, 2.05) is 0 Å². The van der Waals surface area contributed by atoms with Crippen molar-refractivity contribution in [1.82, 2.24) is 4.90 Å². The molecule has 0 aliphatic heterocycles. The molecule has 1 amide bonds. The van der Waals surface area contributed by atoms with Crippen LogP contribution in [-0.4, -0.2) is 27.8 Å². The molecule has 0 atom stereocenters. The zero-order valence-corrected chi connectivity index (χ0v) is 14.7. The number of carbonyl (C=O) groups is 1. The second kappa shape index (κ2) is 6.98. The molecule has 0 radical (unpaired) electrons. The Morgan fingerprint density at radius 1 is 1.15 bits per heavy atom. The van der Waals surface area contributed by atoms with Crippen LogP contribution in [0.25, 0.3) is 0 Å². The zero-order chi connectivity index (χ0) is 19.0. The van der Waals surface area contributed by atoms with Crippen LogP contribution in [0.2, 0.25) is 0 Å². The van der Waals surface area contributed by atoms with E-state index in [-0.39, 0.29) is 29.5 Å². The molecule has 0 heterocycles. The first-order valence-corrected chi connectivity index (χ1v) is 9.11. The number of nitrogens with zero attached hydrogens (tertiary/aromatic N) is 2. The number of nitro benzene ring substituents is 1. The first-order valence-electron chi connectivity index (χ1n) is 9.11. The van der Waals surface area contributed by atoms with Gasteiger partial charge in [0, 0.05) is 30.3 Å². The summed E-state index contributed by atoms with van der Waals surface area (Å²) in [7, 11) is 0. The molecule has 2 aromatic rings. The summed E-state index contributed by atoms with van der Waals surface area (Å²) in [6, 6.07) is 11.1. The molecule has 7 heteroatoms. The molecule has 0 saturated heterocycles. The highest BCUT2D eigenvalue weighted by molar-refractivity contribution is 5.96. The van der Waals surface area contributed by atoms with Crippen LogP contribution in [0.5, 0.6) is 0 Å². The van der Waals surface area contributed by atoms with Crippen molar-refractivity contribution in [2.45, 2.75) is 44.3 Å². The van der Waals surface area contributed by atoms with Gasteiger partial charge in [0.25, 0.3) is 11.6 Å². The fourth-order valence-corrected chi connectivity index (χ4v) is 3.09. The van der Waals surface area contributed by atoms with Crippen molar-refractivity contribution in [2.24, 2.45) is 0 Å². The number of nitrogens with one attached hydrogen (secondary N) is 1. The molecule has 27 heavy (non-hydrogen) atoms. The Kier molecular flexibility index (Phi) is 4.51. The third-order valence-electron chi connectivity index (χ3n) is 4.89. The highest BCUT2D eigenvalue weighted by atomic mass is 19.1. The lowest BCUT2D eigenvalue weighted by atomic mass is 10.1. The maximum Gasteiger partial charge on any atom is 0.293 e. The van der Waals surface area contributed by atoms with Crippen molar-refractivity contribution < 1.29 is 14.1 Å². The lowest BCUT2D eigenvalue weighted by Gasteiger charge is -2.23. The van der Waals surface area contributed by atoms with Gasteiger partial charge in [0.1, 0.15) is 11.5 Å². The Hall–Kier alpha value is -2.96. The standard InChI is InChI=1S/C20H20FN3O3/c21-15-4-1-13(2-5-15)12-23(17-8-9-17)20(25)14-3-10-18(22-16-6-7-16)19(11-14)24(26)27/h1-5,10-11,16-17,22H,6-9,12H2. The van der Waals surface area contributed by atoms with E-state index in [9.17, 15) is 19.3 Å². The molecule has 2 saturated carbocycles. The van der Waals surface area contributed by atoms with E-state index >= 15 is 0 Å². The monoisotopic (exact) mass is 369 g/mol. The third kappa shape index (κ3) is 4.07. The summed E-state index contributed by atoms with van der Waals surface area (Å²) in [6.45, 7) is 0.361. The van der Waals surface area contributed by atoms with Crippen molar-refractivity contribution in [3.05, 3.63) is 69.5 Å². The van der Waals surface area contributed by atoms with Crippen LogP contribution >= 0.6 is 0 Å². The van der Waals surface area contributed by atoms with E-state index in [0.717, 1.165) is 31.2 Å². The first-order chi connectivity index (χ1) is 13.0. The smallest absolute Gasteiger partial charge is 0.293 e. The highest BCUT2D eigenvalue weighted by Crippen LogP contribution is 2.34. The Bertz CT molecular complexity index is 877. The average Bonchev–Trinajstić information content (AvgIpc) is 3.55. The number of nitro groups is 1. The number of carbonyl (C=O) groups excluding carboxylic acids is 1. The Morgan fingerprint density at radius 2 is 1.85 bits per heavy atom. The van der Waals surface area contributed by atoms with E-state index in [0.29, 0.717) is 17.8 Å². The minimum atomic E-state index is -0.455. The van der Waals surface area contributed by atoms with Gasteiger partial charge in [-0.05, 0) is 55.5 Å². The summed E-state index contributed by atoms with van der Waals surface area (Å²) in [6.07, 6.45) is 3.84. The summed E-state index contributed by atoms with van der Waals surface area (Å²) >= 11 is 0. The van der Waals surface area contributed by atoms with Crippen molar-refractivity contribution >= 4 is 17.3 Å². The Morgan fingerprint density at radius 3 is 2.44 bits per heavy atom. The number of benzene rings is 2. The summed E-state index contributed by atoms with van der Waals surface area (Å²) in [5, 5.41) is 14.6. The molecule has 1 N–H and O–H groups in total. The zero-order valence-electron chi connectivity index (χ0n) is 14.7. The second-order valence-corrected chi connectivity index (χ2v) is 7.20. The highest BCUT2D eigenvalue weighted by Gasteiger charge is 2.34. The van der Waals surface area contributed by atoms with Gasteiger partial charge >= 0.3 is 0 Å². The van der Waals surface area contributed by atoms with Crippen molar-refractivity contribution in [3.8, 4) is 0 Å². The summed E-state index contributed by atoms with van der Waals surface area (Å²) < 4.78 is 13.1. The van der Waals surface area contributed by atoms with E-state index < -0.39 is 4.92 Å². The van der Waals surface area contributed by atoms with Gasteiger partial charge in [-0.1, -0.05) is 12.1 Å². The molecule has 2 aliphatic carbocycles. The molecule has 0 unspecified atom stereocenters. The van der Waals surface area contributed by atoms with Gasteiger partial charge in [-0.3, -0.25) is 14.9 Å². The molecule has 140 valence electrons. The van der Waals surface area contributed by atoms with E-state index in [1.165, 1.54) is 18.2 Å². The minimum Gasteiger partial charge on any atom is -0.377 e. The number of hydrogen-bond acceptors (Lipinski definition) is 4. The largest absolute Gasteiger partial charge is 0.377 e. The SMILES string of the molecule is O=C(c1ccc(NC2CC2)c([N+](=O)[O-])c1)N(Cc1ccc(F)cc1)C1CC1. The van der Waals surface area contributed by atoms with Gasteiger partial charge in [-0.2, -0.15) is 0 Å². The van der Waals surface area contributed by atoms with Crippen LogP contribution < -0.4 is 5.32 Å². The molecule has 6 nitrogen and oxygen atoms in total. The van der Waals surface area contributed by atoms with Gasteiger partial charge in [0.2, 0.25) is 0 Å². The number of rotatable bonds is 7. The van der Waals surface area contributed by atoms with E-state index in [2.05, 4.69) is 5.32 Å². The molecular weight excluding hydrogens is 349 g/mol. The lowest BCUT2D eigenvalue weighted by molar-refractivity contribution is -0.384. The third-order valence-corrected chi connectivity index (χ3v) is 4.89. The van der Waals surface area contributed by atoms with Gasteiger partial charge in [-0.25, -0.2) is 4.39 Å². The lowest BCUT2D eigenvalue weighted by Crippen LogP contribution is -2.32. The molecular formula is C20H20FN3O3. The minimum absolute atomic E-state index is 0.0784. The molecule has 4 rings (SSSR count). The summed E-state index contributed by atoms with van der Waals surface area (Å²) in [5.41, 5.74) is 1.51. The predicted molar refractivity (Wildman–Crippen MR) is 99.0 cm³/mol. The quantitative estimate of drug-likeness (QED) is 0.589. The van der Waals surface area contributed by atoms with Gasteiger partial charge in [-0.15, -0.1) is 0 Å². The summed E-state index contributed by atoms with van der Waals surface area (Å²) in [4.78, 5) is 25.7. The number of amides is 1. The average molecular weight is 369 g/mol. The fourth-order valence-electron chi connectivity index (χ4n) is 3.09.